The number of nitrogens with zero attached hydrogens (tertiary/aromatic N) is 4. The fourth-order valence-electron chi connectivity index (χ4n) is 4.35. The van der Waals surface area contributed by atoms with E-state index in [1.165, 1.54) is 0 Å². The van der Waals surface area contributed by atoms with Crippen LogP contribution in [-0.2, 0) is 4.79 Å². The molecule has 0 spiro atoms. The lowest BCUT2D eigenvalue weighted by Crippen LogP contribution is -2.57. The summed E-state index contributed by atoms with van der Waals surface area (Å²) < 4.78 is 5.99. The largest absolute Gasteiger partial charge is 0.491 e. The number of rotatable bonds is 6. The van der Waals surface area contributed by atoms with Gasteiger partial charge < -0.3 is 19.9 Å². The van der Waals surface area contributed by atoms with Gasteiger partial charge in [-0.15, -0.1) is 24.0 Å². The fourth-order valence-corrected chi connectivity index (χ4v) is 4.35. The Kier molecular flexibility index (Phi) is 10.3. The number of piperazine rings is 1. The number of likely N-dealkylation sites (tertiary alicyclic amines) is 1. The Bertz CT molecular complexity index is 723. The van der Waals surface area contributed by atoms with Gasteiger partial charge in [0, 0.05) is 46.3 Å². The standard InChI is InChI=1S/C23H37N5O2.HI/c1-18-8-7-9-19(2)21(18)30-17-10-25-23(24-4)28-15-13-26(14-16-28)20(3)22(29)27-11-5-6-12-27;/h7-9,20H,5-6,10-17H2,1-4H3,(H,24,25);1H. The molecule has 0 radical (unpaired) electrons. The maximum atomic E-state index is 12.7. The first-order chi connectivity index (χ1) is 14.5. The van der Waals surface area contributed by atoms with Gasteiger partial charge in [0.05, 0.1) is 12.6 Å². The molecule has 1 amide bonds. The Balaban J connectivity index is 0.00000341. The molecule has 0 aliphatic carbocycles. The Labute approximate surface area is 204 Å². The molecular weight excluding hydrogens is 505 g/mol. The molecule has 1 aromatic carbocycles. The number of aliphatic imine (C=N–C) groups is 1. The average Bonchev–Trinajstić information content (AvgIpc) is 3.30. The molecule has 3 rings (SSSR count). The first kappa shape index (κ1) is 25.7. The van der Waals surface area contributed by atoms with Crippen LogP contribution < -0.4 is 10.1 Å². The summed E-state index contributed by atoms with van der Waals surface area (Å²) in [5, 5.41) is 3.42. The van der Waals surface area contributed by atoms with E-state index in [2.05, 4.69) is 52.2 Å². The number of benzene rings is 1. The summed E-state index contributed by atoms with van der Waals surface area (Å²) in [6.45, 7) is 12.8. The Morgan fingerprint density at radius 1 is 1.06 bits per heavy atom. The van der Waals surface area contributed by atoms with Gasteiger partial charge in [-0.3, -0.25) is 14.7 Å². The minimum absolute atomic E-state index is 0. The summed E-state index contributed by atoms with van der Waals surface area (Å²) in [6, 6.07) is 6.16. The number of para-hydroxylation sites is 1. The van der Waals surface area contributed by atoms with Crippen molar-refractivity contribution < 1.29 is 9.53 Å². The minimum Gasteiger partial charge on any atom is -0.491 e. The summed E-state index contributed by atoms with van der Waals surface area (Å²) in [5.41, 5.74) is 2.32. The zero-order valence-corrected chi connectivity index (χ0v) is 21.7. The van der Waals surface area contributed by atoms with Gasteiger partial charge in [0.15, 0.2) is 5.96 Å². The highest BCUT2D eigenvalue weighted by molar-refractivity contribution is 14.0. The van der Waals surface area contributed by atoms with Crippen molar-refractivity contribution in [3.8, 4) is 5.75 Å². The molecule has 2 aliphatic heterocycles. The van der Waals surface area contributed by atoms with E-state index >= 15 is 0 Å². The minimum atomic E-state index is -0.0361. The Morgan fingerprint density at radius 3 is 2.26 bits per heavy atom. The van der Waals surface area contributed by atoms with Crippen molar-refractivity contribution in [1.82, 2.24) is 20.0 Å². The molecule has 7 nitrogen and oxygen atoms in total. The highest BCUT2D eigenvalue weighted by Crippen LogP contribution is 2.22. The van der Waals surface area contributed by atoms with Gasteiger partial charge in [-0.05, 0) is 44.7 Å². The molecule has 2 heterocycles. The molecule has 0 saturated carbocycles. The quantitative estimate of drug-likeness (QED) is 0.259. The van der Waals surface area contributed by atoms with Crippen LogP contribution in [0.1, 0.15) is 30.9 Å². The van der Waals surface area contributed by atoms with Gasteiger partial charge in [-0.25, -0.2) is 0 Å². The molecule has 1 atom stereocenters. The number of amides is 1. The fraction of sp³-hybridized carbons (Fsp3) is 0.652. The second-order valence-corrected chi connectivity index (χ2v) is 8.27. The van der Waals surface area contributed by atoms with Crippen LogP contribution in [0.25, 0.3) is 0 Å². The third-order valence-electron chi connectivity index (χ3n) is 6.19. The molecule has 1 unspecified atom stereocenters. The van der Waals surface area contributed by atoms with Gasteiger partial charge in [-0.1, -0.05) is 18.2 Å². The van der Waals surface area contributed by atoms with Crippen molar-refractivity contribution in [2.45, 2.75) is 39.7 Å². The number of halogens is 1. The number of hydrogen-bond acceptors (Lipinski definition) is 4. The molecule has 2 aliphatic rings. The number of nitrogens with one attached hydrogen (secondary N) is 1. The first-order valence-electron chi connectivity index (χ1n) is 11.2. The van der Waals surface area contributed by atoms with Crippen LogP contribution in [-0.4, -0.2) is 92.1 Å². The van der Waals surface area contributed by atoms with Crippen LogP contribution >= 0.6 is 24.0 Å². The van der Waals surface area contributed by atoms with Crippen molar-refractivity contribution >= 4 is 35.8 Å². The van der Waals surface area contributed by atoms with Crippen molar-refractivity contribution in [1.29, 1.82) is 0 Å². The van der Waals surface area contributed by atoms with Crippen molar-refractivity contribution in [3.63, 3.8) is 0 Å². The highest BCUT2D eigenvalue weighted by atomic mass is 127. The Hall–Kier alpha value is -1.55. The van der Waals surface area contributed by atoms with Crippen LogP contribution in [0.4, 0.5) is 0 Å². The lowest BCUT2D eigenvalue weighted by Gasteiger charge is -2.39. The van der Waals surface area contributed by atoms with Crippen LogP contribution in [0.2, 0.25) is 0 Å². The molecular formula is C23H38IN5O2. The third kappa shape index (κ3) is 6.71. The number of carbonyl (C=O) groups excluding carboxylic acids is 1. The monoisotopic (exact) mass is 543 g/mol. The summed E-state index contributed by atoms with van der Waals surface area (Å²) in [7, 11) is 1.82. The van der Waals surface area contributed by atoms with E-state index in [1.807, 2.05) is 18.9 Å². The van der Waals surface area contributed by atoms with Crippen LogP contribution in [0.3, 0.4) is 0 Å². The van der Waals surface area contributed by atoms with E-state index in [9.17, 15) is 4.79 Å². The summed E-state index contributed by atoms with van der Waals surface area (Å²) in [4.78, 5) is 23.7. The van der Waals surface area contributed by atoms with Crippen LogP contribution in [0.5, 0.6) is 5.75 Å². The molecule has 8 heteroatoms. The van der Waals surface area contributed by atoms with E-state index in [1.54, 1.807) is 0 Å². The van der Waals surface area contributed by atoms with Gasteiger partial charge in [0.25, 0.3) is 0 Å². The van der Waals surface area contributed by atoms with E-state index in [-0.39, 0.29) is 35.9 Å². The predicted octanol–water partition coefficient (Wildman–Crippen LogP) is 2.50. The van der Waals surface area contributed by atoms with Crippen molar-refractivity contribution in [3.05, 3.63) is 29.3 Å². The molecule has 0 bridgehead atoms. The molecule has 174 valence electrons. The van der Waals surface area contributed by atoms with Crippen LogP contribution in [0, 0.1) is 13.8 Å². The number of guanidine groups is 1. The smallest absolute Gasteiger partial charge is 0.239 e. The molecule has 0 aromatic heterocycles. The van der Waals surface area contributed by atoms with Crippen LogP contribution in [0.15, 0.2) is 23.2 Å². The highest BCUT2D eigenvalue weighted by Gasteiger charge is 2.30. The zero-order chi connectivity index (χ0) is 21.5. The topological polar surface area (TPSA) is 60.4 Å². The summed E-state index contributed by atoms with van der Waals surface area (Å²) >= 11 is 0. The van der Waals surface area contributed by atoms with E-state index in [0.29, 0.717) is 13.2 Å². The average molecular weight is 543 g/mol. The van der Waals surface area contributed by atoms with E-state index in [4.69, 9.17) is 4.74 Å². The molecule has 31 heavy (non-hydrogen) atoms. The third-order valence-corrected chi connectivity index (χ3v) is 6.19. The van der Waals surface area contributed by atoms with E-state index < -0.39 is 0 Å². The van der Waals surface area contributed by atoms with Gasteiger partial charge in [0.1, 0.15) is 12.4 Å². The van der Waals surface area contributed by atoms with Gasteiger partial charge >= 0.3 is 0 Å². The molecule has 2 saturated heterocycles. The maximum absolute atomic E-state index is 12.7. The van der Waals surface area contributed by atoms with E-state index in [0.717, 1.165) is 74.9 Å². The SMILES string of the molecule is CN=C(NCCOc1c(C)cccc1C)N1CCN(C(C)C(=O)N2CCCC2)CC1.I. The molecule has 1 aromatic rings. The second-order valence-electron chi connectivity index (χ2n) is 8.27. The van der Waals surface area contributed by atoms with Gasteiger partial charge in [-0.2, -0.15) is 0 Å². The number of hydrogen-bond donors (Lipinski definition) is 1. The number of aryl methyl sites for hydroxylation is 2. The first-order valence-corrected chi connectivity index (χ1v) is 11.2. The second kappa shape index (κ2) is 12.5. The molecule has 1 N–H and O–H groups in total. The normalized spacial score (nSPS) is 18.5. The van der Waals surface area contributed by atoms with Crippen molar-refractivity contribution in [2.75, 3.05) is 59.5 Å². The zero-order valence-electron chi connectivity index (χ0n) is 19.4. The predicted molar refractivity (Wildman–Crippen MR) is 137 cm³/mol. The number of carbonyl (C=O) groups is 1. The van der Waals surface area contributed by atoms with Gasteiger partial charge in [0.2, 0.25) is 5.91 Å². The number of ether oxygens (including phenoxy) is 1. The van der Waals surface area contributed by atoms with Crippen molar-refractivity contribution in [2.24, 2.45) is 4.99 Å². The summed E-state index contributed by atoms with van der Waals surface area (Å²) in [6.07, 6.45) is 2.28. The lowest BCUT2D eigenvalue weighted by molar-refractivity contribution is -0.135. The lowest BCUT2D eigenvalue weighted by atomic mass is 10.1. The Morgan fingerprint density at radius 2 is 1.68 bits per heavy atom. The maximum Gasteiger partial charge on any atom is 0.239 e. The molecule has 2 fully saturated rings. The summed E-state index contributed by atoms with van der Waals surface area (Å²) in [5.74, 6) is 2.16.